The molecule has 7 heteroatoms. The second-order valence-electron chi connectivity index (χ2n) is 6.72. The zero-order valence-corrected chi connectivity index (χ0v) is 16.3. The van der Waals surface area contributed by atoms with E-state index in [1.807, 2.05) is 6.07 Å². The number of esters is 1. The number of carbonyl (C=O) groups excluding carboxylic acids is 2. The van der Waals surface area contributed by atoms with Crippen molar-refractivity contribution in [2.75, 3.05) is 0 Å². The minimum absolute atomic E-state index is 0.00450. The van der Waals surface area contributed by atoms with E-state index in [-0.39, 0.29) is 17.0 Å². The third-order valence-corrected chi connectivity index (χ3v) is 4.76. The molecule has 0 aliphatic carbocycles. The van der Waals surface area contributed by atoms with Gasteiger partial charge in [-0.1, -0.05) is 96.2 Å². The molecular weight excluding hydrogens is 396 g/mol. The van der Waals surface area contributed by atoms with Gasteiger partial charge in [0, 0.05) is 16.7 Å². The van der Waals surface area contributed by atoms with Crippen LogP contribution in [0.4, 0.5) is 0 Å². The van der Waals surface area contributed by atoms with Crippen molar-refractivity contribution in [3.8, 4) is 0 Å². The van der Waals surface area contributed by atoms with Gasteiger partial charge in [-0.25, -0.2) is 4.79 Å². The molecule has 1 aliphatic heterocycles. The summed E-state index contributed by atoms with van der Waals surface area (Å²) in [5.41, 5.74) is 6.83. The number of cyclic esters (lactones) is 1. The van der Waals surface area contributed by atoms with E-state index in [0.29, 0.717) is 11.1 Å². The van der Waals surface area contributed by atoms with E-state index >= 15 is 0 Å². The zero-order valence-electron chi connectivity index (χ0n) is 16.3. The number of aliphatic hydroxyl groups excluding tert-OH is 1. The topological polar surface area (TPSA) is 111 Å². The number of nitrogens with two attached hydrogens (primary N) is 1. The van der Waals surface area contributed by atoms with Crippen LogP contribution in [0.25, 0.3) is 5.76 Å². The molecule has 0 unspecified atom stereocenters. The lowest BCUT2D eigenvalue weighted by atomic mass is 9.93. The SMILES string of the molecule is NC(=NO[C@]1(c2ccccc2)OC(=O)C(=O)C1=C(O)c1ccccc1)c1ccccc1. The maximum Gasteiger partial charge on any atom is 0.383 e. The van der Waals surface area contributed by atoms with Crippen LogP contribution in [0.2, 0.25) is 0 Å². The first-order valence-electron chi connectivity index (χ1n) is 9.42. The highest BCUT2D eigenvalue weighted by Gasteiger charge is 2.58. The summed E-state index contributed by atoms with van der Waals surface area (Å²) in [5, 5.41) is 14.9. The van der Waals surface area contributed by atoms with Crippen LogP contribution in [0.5, 0.6) is 0 Å². The summed E-state index contributed by atoms with van der Waals surface area (Å²) in [6.07, 6.45) is 0. The van der Waals surface area contributed by atoms with Crippen LogP contribution in [0.15, 0.2) is 102 Å². The van der Waals surface area contributed by atoms with Gasteiger partial charge in [0.1, 0.15) is 11.3 Å². The van der Waals surface area contributed by atoms with Crippen molar-refractivity contribution >= 4 is 23.3 Å². The molecule has 154 valence electrons. The summed E-state index contributed by atoms with van der Waals surface area (Å²) < 4.78 is 5.40. The van der Waals surface area contributed by atoms with Crippen LogP contribution >= 0.6 is 0 Å². The van der Waals surface area contributed by atoms with E-state index < -0.39 is 23.3 Å². The molecule has 0 radical (unpaired) electrons. The van der Waals surface area contributed by atoms with E-state index in [9.17, 15) is 14.7 Å². The van der Waals surface area contributed by atoms with E-state index in [4.69, 9.17) is 15.3 Å². The zero-order chi connectivity index (χ0) is 21.8. The van der Waals surface area contributed by atoms with Crippen molar-refractivity contribution in [3.05, 3.63) is 113 Å². The maximum atomic E-state index is 12.8. The number of oxime groups is 1. The van der Waals surface area contributed by atoms with Crippen molar-refractivity contribution in [1.29, 1.82) is 0 Å². The number of hydrogen-bond donors (Lipinski definition) is 2. The molecule has 3 aromatic carbocycles. The summed E-state index contributed by atoms with van der Waals surface area (Å²) in [6.45, 7) is 0. The Morgan fingerprint density at radius 3 is 1.94 bits per heavy atom. The van der Waals surface area contributed by atoms with Gasteiger partial charge in [-0.05, 0) is 0 Å². The van der Waals surface area contributed by atoms with Gasteiger partial charge in [0.25, 0.3) is 5.78 Å². The molecular formula is C24H18N2O5. The Balaban J connectivity index is 1.90. The molecule has 0 bridgehead atoms. The standard InChI is InChI=1S/C24H18N2O5/c25-22(17-12-6-2-7-13-17)26-31-24(18-14-8-3-9-15-18)19(21(28)23(29)30-24)20(27)16-10-4-1-5-11-16/h1-15,27H,(H2,25,26)/t24-/m0/s1. The van der Waals surface area contributed by atoms with Crippen LogP contribution in [0.3, 0.4) is 0 Å². The Kier molecular flexibility index (Phi) is 5.24. The highest BCUT2D eigenvalue weighted by molar-refractivity contribution is 6.44. The number of ketones is 1. The Hall–Kier alpha value is -4.39. The van der Waals surface area contributed by atoms with Crippen LogP contribution in [-0.4, -0.2) is 22.7 Å². The third kappa shape index (κ3) is 3.64. The summed E-state index contributed by atoms with van der Waals surface area (Å²) >= 11 is 0. The number of Topliss-reactive ketones (excluding diaryl/α,β-unsaturated/α-hetero) is 1. The normalized spacial score (nSPS) is 20.3. The second kappa shape index (κ2) is 8.16. The molecule has 1 atom stereocenters. The van der Waals surface area contributed by atoms with Gasteiger partial charge in [-0.2, -0.15) is 0 Å². The number of ether oxygens (including phenoxy) is 1. The molecule has 1 fully saturated rings. The molecule has 0 saturated carbocycles. The van der Waals surface area contributed by atoms with Gasteiger partial charge in [-0.15, -0.1) is 0 Å². The molecule has 31 heavy (non-hydrogen) atoms. The summed E-state index contributed by atoms with van der Waals surface area (Å²) in [4.78, 5) is 30.8. The van der Waals surface area contributed by atoms with Crippen LogP contribution < -0.4 is 5.73 Å². The molecule has 0 spiro atoms. The van der Waals surface area contributed by atoms with Crippen LogP contribution in [-0.2, 0) is 25.0 Å². The van der Waals surface area contributed by atoms with E-state index in [1.165, 1.54) is 0 Å². The average Bonchev–Trinajstić information content (AvgIpc) is 3.09. The smallest absolute Gasteiger partial charge is 0.383 e. The molecule has 1 saturated heterocycles. The van der Waals surface area contributed by atoms with Crippen molar-refractivity contribution < 1.29 is 24.3 Å². The Morgan fingerprint density at radius 2 is 1.35 bits per heavy atom. The highest BCUT2D eigenvalue weighted by atomic mass is 16.8. The fourth-order valence-corrected chi connectivity index (χ4v) is 3.24. The first kappa shape index (κ1) is 19.9. The van der Waals surface area contributed by atoms with Gasteiger partial charge in [-0.3, -0.25) is 4.79 Å². The molecule has 7 nitrogen and oxygen atoms in total. The minimum atomic E-state index is -2.10. The number of carbonyl (C=O) groups is 2. The summed E-state index contributed by atoms with van der Waals surface area (Å²) in [5.74, 6) is -4.75. The second-order valence-corrected chi connectivity index (χ2v) is 6.72. The lowest BCUT2D eigenvalue weighted by molar-refractivity contribution is -0.204. The number of benzene rings is 3. The molecule has 0 amide bonds. The van der Waals surface area contributed by atoms with Gasteiger partial charge >= 0.3 is 11.8 Å². The predicted molar refractivity (Wildman–Crippen MR) is 113 cm³/mol. The van der Waals surface area contributed by atoms with Crippen molar-refractivity contribution in [2.24, 2.45) is 10.9 Å². The molecule has 3 aromatic rings. The molecule has 3 N–H and O–H groups in total. The Bertz CT molecular complexity index is 1170. The number of aliphatic hydroxyl groups is 1. The van der Waals surface area contributed by atoms with E-state index in [1.54, 1.807) is 84.9 Å². The van der Waals surface area contributed by atoms with Gasteiger partial charge in [0.05, 0.1) is 0 Å². The number of hydrogen-bond acceptors (Lipinski definition) is 6. The highest BCUT2D eigenvalue weighted by Crippen LogP contribution is 2.44. The van der Waals surface area contributed by atoms with Gasteiger partial charge in [0.15, 0.2) is 5.84 Å². The van der Waals surface area contributed by atoms with Gasteiger partial charge < -0.3 is 20.4 Å². The third-order valence-electron chi connectivity index (χ3n) is 4.76. The van der Waals surface area contributed by atoms with Crippen LogP contribution in [0, 0.1) is 0 Å². The first-order valence-corrected chi connectivity index (χ1v) is 9.42. The largest absolute Gasteiger partial charge is 0.507 e. The molecule has 4 rings (SSSR count). The summed E-state index contributed by atoms with van der Waals surface area (Å²) in [7, 11) is 0. The van der Waals surface area contributed by atoms with E-state index in [2.05, 4.69) is 5.16 Å². The van der Waals surface area contributed by atoms with E-state index in [0.717, 1.165) is 0 Å². The fraction of sp³-hybridized carbons (Fsp3) is 0.0417. The quantitative estimate of drug-likeness (QED) is 0.126. The average molecular weight is 414 g/mol. The number of nitrogens with zero attached hydrogens (tertiary/aromatic N) is 1. The van der Waals surface area contributed by atoms with Crippen molar-refractivity contribution in [3.63, 3.8) is 0 Å². The van der Waals surface area contributed by atoms with Crippen molar-refractivity contribution in [2.45, 2.75) is 5.79 Å². The minimum Gasteiger partial charge on any atom is -0.507 e. The number of rotatable bonds is 5. The monoisotopic (exact) mass is 414 g/mol. The Morgan fingerprint density at radius 1 is 0.839 bits per heavy atom. The maximum absolute atomic E-state index is 12.8. The number of amidine groups is 1. The molecule has 0 aromatic heterocycles. The predicted octanol–water partition coefficient (Wildman–Crippen LogP) is 3.27. The lowest BCUT2D eigenvalue weighted by Crippen LogP contribution is -2.32. The molecule has 1 heterocycles. The van der Waals surface area contributed by atoms with Crippen LogP contribution in [0.1, 0.15) is 16.7 Å². The van der Waals surface area contributed by atoms with Crippen molar-refractivity contribution in [1.82, 2.24) is 0 Å². The van der Waals surface area contributed by atoms with Gasteiger partial charge in [0.2, 0.25) is 0 Å². The molecule has 1 aliphatic rings. The fourth-order valence-electron chi connectivity index (χ4n) is 3.24. The summed E-state index contributed by atoms with van der Waals surface area (Å²) in [6, 6.07) is 25.4. The lowest BCUT2D eigenvalue weighted by Gasteiger charge is -2.26. The first-order chi connectivity index (χ1) is 15.0. The Labute approximate surface area is 178 Å².